The molecule has 1 aliphatic heterocycles. The van der Waals surface area contributed by atoms with Crippen molar-refractivity contribution in [3.8, 4) is 0 Å². The summed E-state index contributed by atoms with van der Waals surface area (Å²) in [6.45, 7) is 10.7. The lowest BCUT2D eigenvalue weighted by Gasteiger charge is -2.44. The Labute approximate surface area is 127 Å². The molecule has 1 aliphatic carbocycles. The Kier molecular flexibility index (Phi) is 4.34. The fourth-order valence-corrected chi connectivity index (χ4v) is 3.02. The fourth-order valence-electron chi connectivity index (χ4n) is 3.02. The molecule has 2 rings (SSSR count). The van der Waals surface area contributed by atoms with Crippen LogP contribution in [0.2, 0.25) is 0 Å². The molecule has 21 heavy (non-hydrogen) atoms. The minimum Gasteiger partial charge on any atom is -0.374 e. The smallest absolute Gasteiger partial charge is 0.249 e. The molecule has 2 atom stereocenters. The number of nitrogens with one attached hydrogen (secondary N) is 1. The third-order valence-corrected chi connectivity index (χ3v) is 4.41. The molecule has 0 spiro atoms. The molecular weight excluding hydrogens is 268 g/mol. The van der Waals surface area contributed by atoms with Gasteiger partial charge < -0.3 is 15.0 Å². The van der Waals surface area contributed by atoms with Crippen LogP contribution >= 0.6 is 0 Å². The van der Waals surface area contributed by atoms with E-state index < -0.39 is 5.54 Å². The van der Waals surface area contributed by atoms with E-state index in [9.17, 15) is 9.59 Å². The predicted molar refractivity (Wildman–Crippen MR) is 80.8 cm³/mol. The second-order valence-corrected chi connectivity index (χ2v) is 7.35. The molecule has 0 radical (unpaired) electrons. The number of hydrogen-bond donors (Lipinski definition) is 1. The number of carbonyl (C=O) groups is 2. The van der Waals surface area contributed by atoms with Crippen LogP contribution in [0, 0.1) is 5.92 Å². The van der Waals surface area contributed by atoms with Crippen LogP contribution in [0.15, 0.2) is 0 Å². The zero-order valence-corrected chi connectivity index (χ0v) is 13.9. The van der Waals surface area contributed by atoms with Crippen LogP contribution in [0.1, 0.15) is 53.9 Å². The van der Waals surface area contributed by atoms with Crippen molar-refractivity contribution < 1.29 is 14.3 Å². The average molecular weight is 296 g/mol. The zero-order valence-electron chi connectivity index (χ0n) is 13.9. The van der Waals surface area contributed by atoms with Gasteiger partial charge in [0.15, 0.2) is 0 Å². The van der Waals surface area contributed by atoms with Crippen molar-refractivity contribution in [3.63, 3.8) is 0 Å². The topological polar surface area (TPSA) is 58.6 Å². The van der Waals surface area contributed by atoms with E-state index in [1.165, 1.54) is 0 Å². The van der Waals surface area contributed by atoms with E-state index in [-0.39, 0.29) is 29.4 Å². The molecular formula is C16H28N2O3. The molecule has 1 heterocycles. The highest BCUT2D eigenvalue weighted by atomic mass is 16.5. The summed E-state index contributed by atoms with van der Waals surface area (Å²) in [5.41, 5.74) is -0.951. The second kappa shape index (κ2) is 5.59. The van der Waals surface area contributed by atoms with Crippen LogP contribution in [-0.2, 0) is 14.3 Å². The molecule has 2 amide bonds. The summed E-state index contributed by atoms with van der Waals surface area (Å²) in [6, 6.07) is -0.368. The number of ether oxygens (including phenoxy) is 1. The van der Waals surface area contributed by atoms with Gasteiger partial charge in [-0.25, -0.2) is 0 Å². The van der Waals surface area contributed by atoms with Gasteiger partial charge in [0.2, 0.25) is 11.8 Å². The SMILES string of the molecule is CCC1C(=O)NC(C)(C2CC2)C(=O)N1CCOC(C)(C)C. The van der Waals surface area contributed by atoms with E-state index >= 15 is 0 Å². The van der Waals surface area contributed by atoms with Gasteiger partial charge >= 0.3 is 0 Å². The highest BCUT2D eigenvalue weighted by Crippen LogP contribution is 2.42. The Morgan fingerprint density at radius 3 is 2.43 bits per heavy atom. The Balaban J connectivity index is 2.09. The Morgan fingerprint density at radius 2 is 1.95 bits per heavy atom. The largest absolute Gasteiger partial charge is 0.374 e. The molecule has 2 aliphatic rings. The summed E-state index contributed by atoms with van der Waals surface area (Å²) in [5, 5.41) is 2.97. The minimum absolute atomic E-state index is 0.0257. The lowest BCUT2D eigenvalue weighted by atomic mass is 9.89. The van der Waals surface area contributed by atoms with Crippen LogP contribution in [0.4, 0.5) is 0 Å². The van der Waals surface area contributed by atoms with Crippen molar-refractivity contribution in [3.05, 3.63) is 0 Å². The van der Waals surface area contributed by atoms with Crippen molar-refractivity contribution >= 4 is 11.8 Å². The molecule has 1 saturated heterocycles. The summed E-state index contributed by atoms with van der Waals surface area (Å²) in [5.74, 6) is 0.314. The van der Waals surface area contributed by atoms with Gasteiger partial charge in [-0.05, 0) is 52.9 Å². The number of hydrogen-bond acceptors (Lipinski definition) is 3. The molecule has 1 saturated carbocycles. The normalized spacial score (nSPS) is 30.5. The third-order valence-electron chi connectivity index (χ3n) is 4.41. The monoisotopic (exact) mass is 296 g/mol. The second-order valence-electron chi connectivity index (χ2n) is 7.35. The van der Waals surface area contributed by atoms with Crippen molar-refractivity contribution in [2.45, 2.75) is 71.1 Å². The summed E-state index contributed by atoms with van der Waals surface area (Å²) in [6.07, 6.45) is 2.67. The molecule has 0 bridgehead atoms. The lowest BCUT2D eigenvalue weighted by Crippen LogP contribution is -2.70. The zero-order chi connectivity index (χ0) is 15.8. The maximum Gasteiger partial charge on any atom is 0.249 e. The van der Waals surface area contributed by atoms with E-state index in [1.807, 2.05) is 34.6 Å². The van der Waals surface area contributed by atoms with Gasteiger partial charge in [-0.3, -0.25) is 9.59 Å². The van der Waals surface area contributed by atoms with E-state index in [1.54, 1.807) is 4.90 Å². The van der Waals surface area contributed by atoms with Crippen molar-refractivity contribution in [2.24, 2.45) is 5.92 Å². The van der Waals surface area contributed by atoms with Crippen LogP contribution in [-0.4, -0.2) is 47.0 Å². The standard InChI is InChI=1S/C16H28N2O3/c1-6-12-13(19)17-16(5,11-7-8-11)14(20)18(12)9-10-21-15(2,3)4/h11-12H,6-10H2,1-5H3,(H,17,19). The molecule has 0 aromatic rings. The van der Waals surface area contributed by atoms with Crippen LogP contribution in [0.5, 0.6) is 0 Å². The van der Waals surface area contributed by atoms with Crippen molar-refractivity contribution in [1.82, 2.24) is 10.2 Å². The first kappa shape index (κ1) is 16.3. The Morgan fingerprint density at radius 1 is 1.33 bits per heavy atom. The highest BCUT2D eigenvalue weighted by molar-refractivity contribution is 6.00. The van der Waals surface area contributed by atoms with E-state index in [4.69, 9.17) is 4.74 Å². The molecule has 5 nitrogen and oxygen atoms in total. The van der Waals surface area contributed by atoms with Gasteiger partial charge in [0.05, 0.1) is 12.2 Å². The number of carbonyl (C=O) groups excluding carboxylic acids is 2. The Hall–Kier alpha value is -1.10. The van der Waals surface area contributed by atoms with Gasteiger partial charge in [0.25, 0.3) is 0 Å². The molecule has 2 unspecified atom stereocenters. The molecule has 2 fully saturated rings. The highest BCUT2D eigenvalue weighted by Gasteiger charge is 2.54. The third kappa shape index (κ3) is 3.39. The fraction of sp³-hybridized carbons (Fsp3) is 0.875. The number of piperazine rings is 1. The lowest BCUT2D eigenvalue weighted by molar-refractivity contribution is -0.157. The number of amides is 2. The number of rotatable bonds is 5. The van der Waals surface area contributed by atoms with Gasteiger partial charge in [0.1, 0.15) is 11.6 Å². The van der Waals surface area contributed by atoms with Gasteiger partial charge in [-0.1, -0.05) is 6.92 Å². The quantitative estimate of drug-likeness (QED) is 0.840. The summed E-state index contributed by atoms with van der Waals surface area (Å²) in [7, 11) is 0. The van der Waals surface area contributed by atoms with Crippen molar-refractivity contribution in [1.29, 1.82) is 0 Å². The summed E-state index contributed by atoms with van der Waals surface area (Å²) < 4.78 is 5.73. The maximum absolute atomic E-state index is 12.9. The first-order valence-corrected chi connectivity index (χ1v) is 7.96. The van der Waals surface area contributed by atoms with Crippen LogP contribution in [0.25, 0.3) is 0 Å². The molecule has 120 valence electrons. The van der Waals surface area contributed by atoms with Crippen LogP contribution < -0.4 is 5.32 Å². The first-order chi connectivity index (χ1) is 9.69. The van der Waals surface area contributed by atoms with E-state index in [2.05, 4.69) is 5.32 Å². The first-order valence-electron chi connectivity index (χ1n) is 7.96. The van der Waals surface area contributed by atoms with E-state index in [0.717, 1.165) is 12.8 Å². The molecule has 0 aromatic heterocycles. The molecule has 0 aromatic carbocycles. The summed E-state index contributed by atoms with van der Waals surface area (Å²) in [4.78, 5) is 26.9. The maximum atomic E-state index is 12.9. The van der Waals surface area contributed by atoms with Gasteiger partial charge in [-0.15, -0.1) is 0 Å². The summed E-state index contributed by atoms with van der Waals surface area (Å²) >= 11 is 0. The number of nitrogens with zero attached hydrogens (tertiary/aromatic N) is 1. The van der Waals surface area contributed by atoms with E-state index in [0.29, 0.717) is 19.6 Å². The minimum atomic E-state index is -0.718. The van der Waals surface area contributed by atoms with Crippen molar-refractivity contribution in [2.75, 3.05) is 13.2 Å². The van der Waals surface area contributed by atoms with Gasteiger partial charge in [0, 0.05) is 6.54 Å². The van der Waals surface area contributed by atoms with Crippen LogP contribution in [0.3, 0.4) is 0 Å². The average Bonchev–Trinajstić information content (AvgIpc) is 3.18. The molecule has 5 heteroatoms. The van der Waals surface area contributed by atoms with Gasteiger partial charge in [-0.2, -0.15) is 0 Å². The predicted octanol–water partition coefficient (Wildman–Crippen LogP) is 1.71. The molecule has 1 N–H and O–H groups in total. The Bertz CT molecular complexity index is 426.